The number of phenols is 1. The van der Waals surface area contributed by atoms with Crippen molar-refractivity contribution in [3.63, 3.8) is 0 Å². The van der Waals surface area contributed by atoms with Gasteiger partial charge in [-0.3, -0.25) is 10.1 Å². The van der Waals surface area contributed by atoms with Crippen LogP contribution >= 0.6 is 0 Å². The van der Waals surface area contributed by atoms with Crippen molar-refractivity contribution >= 4 is 43.4 Å². The Morgan fingerprint density at radius 2 is 1.81 bits per heavy atom. The second kappa shape index (κ2) is 6.65. The van der Waals surface area contributed by atoms with Gasteiger partial charge in [0.1, 0.15) is 17.1 Å². The lowest BCUT2D eigenvalue weighted by molar-refractivity contribution is -0.384. The Labute approximate surface area is 153 Å². The molecule has 9 nitrogen and oxygen atoms in total. The van der Waals surface area contributed by atoms with Crippen LogP contribution in [0.2, 0.25) is 0 Å². The Bertz CT molecular complexity index is 1210. The number of benzene rings is 3. The Morgan fingerprint density at radius 1 is 1.07 bits per heavy atom. The average molecular weight is 386 g/mol. The van der Waals surface area contributed by atoms with Gasteiger partial charge in [0.2, 0.25) is 0 Å². The van der Waals surface area contributed by atoms with E-state index >= 15 is 0 Å². The third kappa shape index (κ3) is 3.70. The summed E-state index contributed by atoms with van der Waals surface area (Å²) in [6.45, 7) is 0. The highest BCUT2D eigenvalue weighted by atomic mass is 32.2. The fourth-order valence-corrected chi connectivity index (χ4v) is 3.12. The van der Waals surface area contributed by atoms with Crippen LogP contribution in [0.15, 0.2) is 63.7 Å². The number of nitrogens with zero attached hydrogens (tertiary/aromatic N) is 3. The minimum Gasteiger partial charge on any atom is -0.505 e. The lowest BCUT2D eigenvalue weighted by Gasteiger charge is -2.07. The second-order valence-corrected chi connectivity index (χ2v) is 7.80. The van der Waals surface area contributed by atoms with Crippen molar-refractivity contribution in [1.82, 2.24) is 0 Å². The number of fused-ring (bicyclic) bond motifs is 1. The number of nitro benzene ring substituents is 1. The summed E-state index contributed by atoms with van der Waals surface area (Å²) in [5.41, 5.74) is 6.31. The smallest absolute Gasteiger partial charge is 0.273 e. The number of phenolic OH excluding ortho intramolecular Hbond substituents is 1. The lowest BCUT2D eigenvalue weighted by Crippen LogP contribution is -1.96. The molecule has 3 aromatic rings. The molecule has 3 rings (SSSR count). The molecule has 0 saturated carbocycles. The number of aromatic hydroxyl groups is 1. The maximum atomic E-state index is 11.7. The Hall–Kier alpha value is -3.53. The molecule has 0 radical (unpaired) electrons. The van der Waals surface area contributed by atoms with Crippen molar-refractivity contribution < 1.29 is 18.4 Å². The number of nitrogens with two attached hydrogens (primary N) is 1. The number of hydrogen-bond acceptors (Lipinski definition) is 8. The highest BCUT2D eigenvalue weighted by molar-refractivity contribution is 7.90. The second-order valence-electron chi connectivity index (χ2n) is 5.79. The van der Waals surface area contributed by atoms with Crippen molar-refractivity contribution in [3.8, 4) is 5.75 Å². The fraction of sp³-hybridized carbons (Fsp3) is 0.0588. The van der Waals surface area contributed by atoms with E-state index in [1.807, 2.05) is 0 Å². The first-order valence-electron chi connectivity index (χ1n) is 7.58. The van der Waals surface area contributed by atoms with Gasteiger partial charge in [-0.05, 0) is 29.7 Å². The van der Waals surface area contributed by atoms with E-state index in [0.717, 1.165) is 12.3 Å². The maximum absolute atomic E-state index is 11.7. The Balaban J connectivity index is 2.08. The number of rotatable bonds is 4. The van der Waals surface area contributed by atoms with E-state index in [0.29, 0.717) is 22.1 Å². The van der Waals surface area contributed by atoms with Crippen molar-refractivity contribution in [2.24, 2.45) is 10.2 Å². The van der Waals surface area contributed by atoms with Crippen molar-refractivity contribution in [3.05, 3.63) is 58.6 Å². The third-order valence-electron chi connectivity index (χ3n) is 3.85. The molecule has 138 valence electrons. The van der Waals surface area contributed by atoms with Gasteiger partial charge < -0.3 is 10.8 Å². The van der Waals surface area contributed by atoms with Gasteiger partial charge in [-0.25, -0.2) is 8.42 Å². The predicted octanol–water partition coefficient (Wildman–Crippen LogP) is 3.85. The Kier molecular flexibility index (Phi) is 4.50. The highest BCUT2D eigenvalue weighted by Crippen LogP contribution is 2.36. The van der Waals surface area contributed by atoms with Crippen molar-refractivity contribution in [2.45, 2.75) is 4.90 Å². The molecule has 0 heterocycles. The summed E-state index contributed by atoms with van der Waals surface area (Å²) >= 11 is 0. The van der Waals surface area contributed by atoms with E-state index < -0.39 is 20.5 Å². The summed E-state index contributed by atoms with van der Waals surface area (Å²) in [6, 6.07) is 11.2. The zero-order chi connectivity index (χ0) is 19.8. The fourth-order valence-electron chi connectivity index (χ4n) is 2.46. The maximum Gasteiger partial charge on any atom is 0.273 e. The first kappa shape index (κ1) is 18.3. The number of nitro groups is 1. The molecular weight excluding hydrogens is 372 g/mol. The van der Waals surface area contributed by atoms with Crippen LogP contribution < -0.4 is 5.73 Å². The minimum atomic E-state index is -3.36. The standard InChI is InChI=1S/C17H14N4O5S/c1-27(25,26)12-4-5-13-10(8-12)2-6-14(18)17(13)20-19-15-7-3-11(21(23)24)9-16(15)22/h2-9,22H,18H2,1H3. The Morgan fingerprint density at radius 3 is 2.44 bits per heavy atom. The van der Waals surface area contributed by atoms with E-state index in [1.165, 1.54) is 24.3 Å². The van der Waals surface area contributed by atoms with Gasteiger partial charge in [-0.1, -0.05) is 12.1 Å². The van der Waals surface area contributed by atoms with Gasteiger partial charge in [0, 0.05) is 17.7 Å². The van der Waals surface area contributed by atoms with Crippen molar-refractivity contribution in [2.75, 3.05) is 12.0 Å². The van der Waals surface area contributed by atoms with E-state index in [9.17, 15) is 23.6 Å². The summed E-state index contributed by atoms with van der Waals surface area (Å²) in [6.07, 6.45) is 1.11. The molecule has 0 unspecified atom stereocenters. The molecule has 0 amide bonds. The molecule has 0 bridgehead atoms. The quantitative estimate of drug-likeness (QED) is 0.301. The molecule has 10 heteroatoms. The van der Waals surface area contributed by atoms with Gasteiger partial charge >= 0.3 is 0 Å². The zero-order valence-corrected chi connectivity index (χ0v) is 14.8. The molecule has 0 fully saturated rings. The molecule has 0 aliphatic carbocycles. The van der Waals surface area contributed by atoms with Crippen LogP contribution in [0.3, 0.4) is 0 Å². The number of anilines is 1. The topological polar surface area (TPSA) is 148 Å². The summed E-state index contributed by atoms with van der Waals surface area (Å²) in [7, 11) is -3.36. The van der Waals surface area contributed by atoms with Gasteiger partial charge in [0.05, 0.1) is 21.6 Å². The normalized spacial score (nSPS) is 11.9. The summed E-state index contributed by atoms with van der Waals surface area (Å²) in [4.78, 5) is 10.2. The van der Waals surface area contributed by atoms with Crippen LogP contribution in [0.1, 0.15) is 0 Å². The van der Waals surface area contributed by atoms with Gasteiger partial charge in [0.15, 0.2) is 9.84 Å². The van der Waals surface area contributed by atoms with Crippen LogP contribution in [0.5, 0.6) is 5.75 Å². The predicted molar refractivity (Wildman–Crippen MR) is 100 cm³/mol. The number of nitrogen functional groups attached to an aromatic ring is 1. The minimum absolute atomic E-state index is 0.0322. The number of azo groups is 1. The van der Waals surface area contributed by atoms with Crippen molar-refractivity contribution in [1.29, 1.82) is 0 Å². The molecule has 0 aromatic heterocycles. The molecule has 3 aromatic carbocycles. The van der Waals surface area contributed by atoms with Gasteiger partial charge in [-0.2, -0.15) is 0 Å². The largest absolute Gasteiger partial charge is 0.505 e. The van der Waals surface area contributed by atoms with Crippen LogP contribution in [0, 0.1) is 10.1 Å². The number of hydrogen-bond donors (Lipinski definition) is 2. The van der Waals surface area contributed by atoms with Gasteiger partial charge in [0.25, 0.3) is 5.69 Å². The molecule has 27 heavy (non-hydrogen) atoms. The number of sulfone groups is 1. The molecule has 0 saturated heterocycles. The summed E-state index contributed by atoms with van der Waals surface area (Å²) in [5.74, 6) is -0.397. The average Bonchev–Trinajstić information content (AvgIpc) is 2.60. The molecule has 0 atom stereocenters. The molecule has 0 aliphatic rings. The lowest BCUT2D eigenvalue weighted by atomic mass is 10.1. The van der Waals surface area contributed by atoms with Crippen LogP contribution in [0.25, 0.3) is 10.8 Å². The molecule has 3 N–H and O–H groups in total. The number of non-ortho nitro benzene ring substituents is 1. The SMILES string of the molecule is CS(=O)(=O)c1ccc2c(N=Nc3ccc([N+](=O)[O-])cc3O)c(N)ccc2c1. The summed E-state index contributed by atoms with van der Waals surface area (Å²) in [5, 5.41) is 29.7. The van der Waals surface area contributed by atoms with E-state index in [-0.39, 0.29) is 16.3 Å². The monoisotopic (exact) mass is 386 g/mol. The third-order valence-corrected chi connectivity index (χ3v) is 4.96. The van der Waals surface area contributed by atoms with E-state index in [1.54, 1.807) is 18.2 Å². The molecular formula is C17H14N4O5S. The first-order valence-corrected chi connectivity index (χ1v) is 9.47. The first-order chi connectivity index (χ1) is 12.7. The van der Waals surface area contributed by atoms with E-state index in [2.05, 4.69) is 10.2 Å². The molecule has 0 aliphatic heterocycles. The van der Waals surface area contributed by atoms with Gasteiger partial charge in [-0.15, -0.1) is 10.2 Å². The summed E-state index contributed by atoms with van der Waals surface area (Å²) < 4.78 is 23.4. The zero-order valence-electron chi connectivity index (χ0n) is 14.0. The van der Waals surface area contributed by atoms with Crippen LogP contribution in [-0.4, -0.2) is 24.7 Å². The molecule has 0 spiro atoms. The highest BCUT2D eigenvalue weighted by Gasteiger charge is 2.12. The van der Waals surface area contributed by atoms with Crippen LogP contribution in [0.4, 0.5) is 22.7 Å². The van der Waals surface area contributed by atoms with Crippen LogP contribution in [-0.2, 0) is 9.84 Å². The van der Waals surface area contributed by atoms with E-state index in [4.69, 9.17) is 5.73 Å².